The lowest BCUT2D eigenvalue weighted by Gasteiger charge is -2.23. The quantitative estimate of drug-likeness (QED) is 0.301. The SMILES string of the molecule is Cc1c(C(=O)O)oc2ccc(S(=O)(=O)N(CCc3ccccc3)Cc3ccc(Cl)cc3Cl)cc12. The van der Waals surface area contributed by atoms with Crippen LogP contribution in [0, 0.1) is 6.92 Å². The summed E-state index contributed by atoms with van der Waals surface area (Å²) in [7, 11) is -3.96. The first-order valence-corrected chi connectivity index (χ1v) is 12.6. The molecule has 6 nitrogen and oxygen atoms in total. The topological polar surface area (TPSA) is 87.8 Å². The van der Waals surface area contributed by atoms with E-state index in [-0.39, 0.29) is 23.7 Å². The van der Waals surface area contributed by atoms with Gasteiger partial charge >= 0.3 is 5.97 Å². The van der Waals surface area contributed by atoms with Crippen molar-refractivity contribution in [1.82, 2.24) is 4.31 Å². The number of sulfonamides is 1. The van der Waals surface area contributed by atoms with Gasteiger partial charge in [-0.1, -0.05) is 59.6 Å². The molecule has 0 radical (unpaired) electrons. The molecular weight excluding hydrogens is 497 g/mol. The van der Waals surface area contributed by atoms with Crippen molar-refractivity contribution in [3.05, 3.63) is 99.2 Å². The molecule has 0 spiro atoms. The van der Waals surface area contributed by atoms with Gasteiger partial charge in [-0.15, -0.1) is 0 Å². The number of nitrogens with zero attached hydrogens (tertiary/aromatic N) is 1. The van der Waals surface area contributed by atoms with E-state index in [9.17, 15) is 18.3 Å². The third-order valence-electron chi connectivity index (χ3n) is 5.59. The van der Waals surface area contributed by atoms with Gasteiger partial charge in [-0.25, -0.2) is 13.2 Å². The maximum Gasteiger partial charge on any atom is 0.372 e. The van der Waals surface area contributed by atoms with Crippen LogP contribution in [0.15, 0.2) is 76.0 Å². The van der Waals surface area contributed by atoms with Gasteiger partial charge in [0.05, 0.1) is 4.90 Å². The fraction of sp³-hybridized carbons (Fsp3) is 0.160. The molecule has 0 bridgehead atoms. The minimum atomic E-state index is -3.96. The summed E-state index contributed by atoms with van der Waals surface area (Å²) in [6.07, 6.45) is 0.501. The van der Waals surface area contributed by atoms with Crippen molar-refractivity contribution in [2.24, 2.45) is 0 Å². The summed E-state index contributed by atoms with van der Waals surface area (Å²) < 4.78 is 34.2. The molecule has 0 atom stereocenters. The van der Waals surface area contributed by atoms with Crippen molar-refractivity contribution in [3.63, 3.8) is 0 Å². The highest BCUT2D eigenvalue weighted by atomic mass is 35.5. The Morgan fingerprint density at radius 3 is 2.44 bits per heavy atom. The summed E-state index contributed by atoms with van der Waals surface area (Å²) in [4.78, 5) is 11.5. The number of carbonyl (C=O) groups is 1. The van der Waals surface area contributed by atoms with E-state index in [0.29, 0.717) is 38.6 Å². The van der Waals surface area contributed by atoms with Gasteiger partial charge in [-0.3, -0.25) is 0 Å². The molecule has 4 rings (SSSR count). The van der Waals surface area contributed by atoms with E-state index in [2.05, 4.69) is 0 Å². The van der Waals surface area contributed by atoms with Gasteiger partial charge in [0, 0.05) is 34.1 Å². The Kier molecular flexibility index (Phi) is 7.00. The van der Waals surface area contributed by atoms with E-state index >= 15 is 0 Å². The average Bonchev–Trinajstić information content (AvgIpc) is 3.14. The number of aryl methyl sites for hydroxylation is 1. The predicted molar refractivity (Wildman–Crippen MR) is 132 cm³/mol. The molecule has 0 aliphatic carbocycles. The lowest BCUT2D eigenvalue weighted by molar-refractivity contribution is 0.0664. The molecule has 4 aromatic rings. The zero-order valence-electron chi connectivity index (χ0n) is 18.2. The van der Waals surface area contributed by atoms with Crippen LogP contribution < -0.4 is 0 Å². The van der Waals surface area contributed by atoms with Crippen LogP contribution in [0.2, 0.25) is 10.0 Å². The Morgan fingerprint density at radius 2 is 1.76 bits per heavy atom. The van der Waals surface area contributed by atoms with Crippen LogP contribution in [0.5, 0.6) is 0 Å². The van der Waals surface area contributed by atoms with Gasteiger partial charge in [0.2, 0.25) is 15.8 Å². The lowest BCUT2D eigenvalue weighted by atomic mass is 10.1. The first kappa shape index (κ1) is 24.3. The lowest BCUT2D eigenvalue weighted by Crippen LogP contribution is -2.32. The second-order valence-corrected chi connectivity index (χ2v) is 10.6. The summed E-state index contributed by atoms with van der Waals surface area (Å²) in [5.74, 6) is -1.42. The molecule has 1 aromatic heterocycles. The Labute approximate surface area is 207 Å². The van der Waals surface area contributed by atoms with Crippen molar-refractivity contribution in [3.8, 4) is 0 Å². The Morgan fingerprint density at radius 1 is 1.03 bits per heavy atom. The van der Waals surface area contributed by atoms with Gasteiger partial charge in [-0.05, 0) is 54.8 Å². The summed E-state index contributed by atoms with van der Waals surface area (Å²) in [6.45, 7) is 1.86. The number of aromatic carboxylic acids is 1. The molecule has 0 aliphatic rings. The fourth-order valence-corrected chi connectivity index (χ4v) is 5.65. The minimum Gasteiger partial charge on any atom is -0.475 e. The van der Waals surface area contributed by atoms with Gasteiger partial charge in [0.1, 0.15) is 5.58 Å². The largest absolute Gasteiger partial charge is 0.475 e. The maximum absolute atomic E-state index is 13.7. The number of benzene rings is 3. The fourth-order valence-electron chi connectivity index (χ4n) is 3.74. The number of hydrogen-bond donors (Lipinski definition) is 1. The van der Waals surface area contributed by atoms with Crippen molar-refractivity contribution >= 4 is 50.2 Å². The van der Waals surface area contributed by atoms with Crippen molar-refractivity contribution in [2.45, 2.75) is 24.8 Å². The van der Waals surface area contributed by atoms with E-state index in [1.54, 1.807) is 25.1 Å². The van der Waals surface area contributed by atoms with E-state index in [0.717, 1.165) is 5.56 Å². The third-order valence-corrected chi connectivity index (χ3v) is 8.02. The summed E-state index contributed by atoms with van der Waals surface area (Å²) >= 11 is 12.4. The number of fused-ring (bicyclic) bond motifs is 1. The second kappa shape index (κ2) is 9.80. The van der Waals surface area contributed by atoms with Gasteiger partial charge in [0.15, 0.2) is 0 Å². The highest BCUT2D eigenvalue weighted by Gasteiger charge is 2.27. The van der Waals surface area contributed by atoms with Crippen LogP contribution in [0.3, 0.4) is 0 Å². The van der Waals surface area contributed by atoms with E-state index in [1.165, 1.54) is 22.5 Å². The Balaban J connectivity index is 1.73. The number of halogens is 2. The highest BCUT2D eigenvalue weighted by molar-refractivity contribution is 7.89. The number of carboxylic acids is 1. The van der Waals surface area contributed by atoms with E-state index in [1.807, 2.05) is 30.3 Å². The van der Waals surface area contributed by atoms with Crippen molar-refractivity contribution < 1.29 is 22.7 Å². The molecule has 34 heavy (non-hydrogen) atoms. The molecule has 9 heteroatoms. The molecule has 0 amide bonds. The molecule has 0 unspecified atom stereocenters. The molecule has 0 saturated carbocycles. The molecule has 0 saturated heterocycles. The Hall–Kier alpha value is -2.84. The summed E-state index contributed by atoms with van der Waals surface area (Å²) in [6, 6.07) is 18.9. The predicted octanol–water partition coefficient (Wildman–Crippen LogP) is 6.18. The number of rotatable bonds is 8. The molecule has 0 fully saturated rings. The van der Waals surface area contributed by atoms with Crippen molar-refractivity contribution in [1.29, 1.82) is 0 Å². The summed E-state index contributed by atoms with van der Waals surface area (Å²) in [5.41, 5.74) is 2.30. The standard InChI is InChI=1S/C25H21Cl2NO5S/c1-16-21-14-20(9-10-23(21)33-24(16)25(29)30)34(31,32)28(12-11-17-5-3-2-4-6-17)15-18-7-8-19(26)13-22(18)27/h2-10,13-14H,11-12,15H2,1H3,(H,29,30). The molecule has 3 aromatic carbocycles. The third kappa shape index (κ3) is 4.98. The summed E-state index contributed by atoms with van der Waals surface area (Å²) in [5, 5.41) is 10.6. The van der Waals surface area contributed by atoms with Gasteiger partial charge < -0.3 is 9.52 Å². The number of furan rings is 1. The molecule has 176 valence electrons. The normalized spacial score (nSPS) is 11.9. The first-order chi connectivity index (χ1) is 16.2. The minimum absolute atomic E-state index is 0.0407. The Bertz CT molecular complexity index is 1470. The van der Waals surface area contributed by atoms with Crippen LogP contribution in [0.25, 0.3) is 11.0 Å². The van der Waals surface area contributed by atoms with Crippen LogP contribution in [-0.2, 0) is 23.0 Å². The number of hydrogen-bond acceptors (Lipinski definition) is 4. The van der Waals surface area contributed by atoms with Gasteiger partial charge in [0.25, 0.3) is 0 Å². The van der Waals surface area contributed by atoms with E-state index in [4.69, 9.17) is 27.6 Å². The molecule has 0 aliphatic heterocycles. The van der Waals surface area contributed by atoms with Crippen LogP contribution in [-0.4, -0.2) is 30.3 Å². The van der Waals surface area contributed by atoms with Gasteiger partial charge in [-0.2, -0.15) is 4.31 Å². The van der Waals surface area contributed by atoms with E-state index < -0.39 is 16.0 Å². The van der Waals surface area contributed by atoms with Crippen molar-refractivity contribution in [2.75, 3.05) is 6.54 Å². The van der Waals surface area contributed by atoms with Crippen LogP contribution in [0.1, 0.15) is 27.2 Å². The van der Waals surface area contributed by atoms with Crippen LogP contribution >= 0.6 is 23.2 Å². The number of carboxylic acid groups (broad SMARTS) is 1. The zero-order valence-corrected chi connectivity index (χ0v) is 20.5. The molecular formula is C25H21Cl2NO5S. The monoisotopic (exact) mass is 517 g/mol. The average molecular weight is 518 g/mol. The zero-order chi connectivity index (χ0) is 24.5. The van der Waals surface area contributed by atoms with Crippen LogP contribution in [0.4, 0.5) is 0 Å². The first-order valence-electron chi connectivity index (χ1n) is 10.4. The highest BCUT2D eigenvalue weighted by Crippen LogP contribution is 2.30. The maximum atomic E-state index is 13.7. The molecule has 1 N–H and O–H groups in total. The smallest absolute Gasteiger partial charge is 0.372 e. The molecule has 1 heterocycles. The second-order valence-electron chi connectivity index (χ2n) is 7.83.